The van der Waals surface area contributed by atoms with Gasteiger partial charge < -0.3 is 5.21 Å². The predicted molar refractivity (Wildman–Crippen MR) is 89.6 cm³/mol. The molecule has 0 aliphatic carbocycles. The number of ketones is 1. The summed E-state index contributed by atoms with van der Waals surface area (Å²) in [6.07, 6.45) is 2.14. The standard InChI is InChI=1S/C17H22N2O4S/c1-11-3-6-14(7-4-11)24(22,23)19-13-5-8-16(19)15(10-13)17(20)9-12(2)18-21/h3-4,6-7,13,15-16,21H,5,8-10H2,1-2H3/b18-12+. The van der Waals surface area contributed by atoms with E-state index in [2.05, 4.69) is 5.16 Å². The number of rotatable bonds is 5. The van der Waals surface area contributed by atoms with Gasteiger partial charge in [-0.2, -0.15) is 4.31 Å². The van der Waals surface area contributed by atoms with Gasteiger partial charge in [-0.1, -0.05) is 22.9 Å². The number of oxime groups is 1. The summed E-state index contributed by atoms with van der Waals surface area (Å²) in [5.74, 6) is -0.345. The van der Waals surface area contributed by atoms with Crippen molar-refractivity contribution in [2.45, 2.75) is 56.5 Å². The molecular formula is C17H22N2O4S. The Morgan fingerprint density at radius 2 is 1.96 bits per heavy atom. The summed E-state index contributed by atoms with van der Waals surface area (Å²) < 4.78 is 27.6. The second-order valence-corrected chi connectivity index (χ2v) is 8.61. The second kappa shape index (κ2) is 6.29. The van der Waals surface area contributed by atoms with Crippen molar-refractivity contribution in [2.75, 3.05) is 0 Å². The van der Waals surface area contributed by atoms with Crippen molar-refractivity contribution < 1.29 is 18.4 Å². The maximum atomic E-state index is 13.0. The maximum Gasteiger partial charge on any atom is 0.243 e. The van der Waals surface area contributed by atoms with E-state index in [-0.39, 0.29) is 35.1 Å². The molecule has 7 heteroatoms. The Balaban J connectivity index is 1.85. The molecule has 1 aromatic rings. The van der Waals surface area contributed by atoms with Crippen LogP contribution in [0.25, 0.3) is 0 Å². The van der Waals surface area contributed by atoms with E-state index in [9.17, 15) is 13.2 Å². The lowest BCUT2D eigenvalue weighted by molar-refractivity contribution is -0.122. The van der Waals surface area contributed by atoms with E-state index in [1.54, 1.807) is 35.5 Å². The molecule has 2 bridgehead atoms. The summed E-state index contributed by atoms with van der Waals surface area (Å²) in [6, 6.07) is 6.44. The van der Waals surface area contributed by atoms with Crippen LogP contribution in [0.1, 0.15) is 38.2 Å². The summed E-state index contributed by atoms with van der Waals surface area (Å²) in [4.78, 5) is 12.7. The molecule has 0 spiro atoms. The monoisotopic (exact) mass is 350 g/mol. The zero-order valence-corrected chi connectivity index (χ0v) is 14.7. The van der Waals surface area contributed by atoms with Crippen LogP contribution in [0.2, 0.25) is 0 Å². The number of Topliss-reactive ketones (excluding diaryl/α,β-unsaturated/α-hetero) is 1. The van der Waals surface area contributed by atoms with Gasteiger partial charge >= 0.3 is 0 Å². The van der Waals surface area contributed by atoms with E-state index in [1.807, 2.05) is 6.92 Å². The number of carbonyl (C=O) groups excluding carboxylic acids is 1. The molecule has 2 heterocycles. The number of hydrogen-bond acceptors (Lipinski definition) is 5. The van der Waals surface area contributed by atoms with E-state index >= 15 is 0 Å². The number of aryl methyl sites for hydroxylation is 1. The average molecular weight is 350 g/mol. The van der Waals surface area contributed by atoms with E-state index in [4.69, 9.17) is 5.21 Å². The van der Waals surface area contributed by atoms with E-state index in [0.29, 0.717) is 18.6 Å². The normalized spacial score (nSPS) is 27.6. The molecule has 0 saturated carbocycles. The molecule has 0 amide bonds. The number of sulfonamides is 1. The van der Waals surface area contributed by atoms with Crippen LogP contribution in [0.3, 0.4) is 0 Å². The van der Waals surface area contributed by atoms with Crippen LogP contribution in [0.15, 0.2) is 34.3 Å². The zero-order chi connectivity index (χ0) is 17.5. The highest BCUT2D eigenvalue weighted by Gasteiger charge is 2.53. The van der Waals surface area contributed by atoms with Crippen LogP contribution in [0.5, 0.6) is 0 Å². The Hall–Kier alpha value is -1.73. The SMILES string of the molecule is C/C(CC(=O)C1CC2CCC1N2S(=O)(=O)c1ccc(C)cc1)=N\O. The van der Waals surface area contributed by atoms with Gasteiger partial charge in [0, 0.05) is 24.4 Å². The van der Waals surface area contributed by atoms with Gasteiger partial charge in [-0.3, -0.25) is 4.79 Å². The molecule has 3 rings (SSSR count). The maximum absolute atomic E-state index is 13.0. The lowest BCUT2D eigenvalue weighted by atomic mass is 9.84. The van der Waals surface area contributed by atoms with Crippen LogP contribution >= 0.6 is 0 Å². The number of hydrogen-bond donors (Lipinski definition) is 1. The van der Waals surface area contributed by atoms with Crippen LogP contribution in [0.4, 0.5) is 0 Å². The molecule has 3 atom stereocenters. The first-order valence-electron chi connectivity index (χ1n) is 8.15. The molecule has 1 aromatic carbocycles. The summed E-state index contributed by atoms with van der Waals surface area (Å²) in [5.41, 5.74) is 1.36. The summed E-state index contributed by atoms with van der Waals surface area (Å²) in [7, 11) is -3.59. The van der Waals surface area contributed by atoms with Crippen LogP contribution in [0, 0.1) is 12.8 Å². The van der Waals surface area contributed by atoms with Gasteiger partial charge in [0.05, 0.1) is 10.6 Å². The Bertz CT molecular complexity index is 770. The van der Waals surface area contributed by atoms with Crippen molar-refractivity contribution in [2.24, 2.45) is 11.1 Å². The minimum atomic E-state index is -3.59. The number of nitrogens with zero attached hydrogens (tertiary/aromatic N) is 2. The highest BCUT2D eigenvalue weighted by atomic mass is 32.2. The van der Waals surface area contributed by atoms with Crippen molar-refractivity contribution in [1.82, 2.24) is 4.31 Å². The van der Waals surface area contributed by atoms with E-state index in [1.165, 1.54) is 0 Å². The van der Waals surface area contributed by atoms with Crippen molar-refractivity contribution >= 4 is 21.5 Å². The fraction of sp³-hybridized carbons (Fsp3) is 0.529. The predicted octanol–water partition coefficient (Wildman–Crippen LogP) is 2.35. The van der Waals surface area contributed by atoms with E-state index < -0.39 is 10.0 Å². The fourth-order valence-corrected chi connectivity index (χ4v) is 5.83. The Morgan fingerprint density at radius 1 is 1.29 bits per heavy atom. The van der Waals surface area contributed by atoms with Crippen LogP contribution < -0.4 is 0 Å². The molecule has 24 heavy (non-hydrogen) atoms. The molecule has 0 radical (unpaired) electrons. The highest BCUT2D eigenvalue weighted by molar-refractivity contribution is 7.89. The largest absolute Gasteiger partial charge is 0.411 e. The van der Waals surface area contributed by atoms with Crippen LogP contribution in [-0.2, 0) is 14.8 Å². The minimum absolute atomic E-state index is 0.0402. The molecule has 2 fully saturated rings. The first-order chi connectivity index (χ1) is 11.3. The molecule has 2 aliphatic rings. The minimum Gasteiger partial charge on any atom is -0.411 e. The molecule has 130 valence electrons. The Morgan fingerprint density at radius 3 is 2.58 bits per heavy atom. The first kappa shape index (κ1) is 17.1. The zero-order valence-electron chi connectivity index (χ0n) is 13.8. The van der Waals surface area contributed by atoms with Gasteiger partial charge in [0.2, 0.25) is 10.0 Å². The van der Waals surface area contributed by atoms with Gasteiger partial charge in [0.25, 0.3) is 0 Å². The van der Waals surface area contributed by atoms with Gasteiger partial charge in [-0.15, -0.1) is 0 Å². The molecule has 0 aromatic heterocycles. The van der Waals surface area contributed by atoms with Crippen molar-refractivity contribution in [1.29, 1.82) is 0 Å². The Labute approximate surface area is 142 Å². The highest BCUT2D eigenvalue weighted by Crippen LogP contribution is 2.45. The quantitative estimate of drug-likeness (QED) is 0.502. The molecule has 2 saturated heterocycles. The van der Waals surface area contributed by atoms with Crippen molar-refractivity contribution in [3.8, 4) is 0 Å². The lowest BCUT2D eigenvalue weighted by Gasteiger charge is -2.23. The van der Waals surface area contributed by atoms with Gasteiger partial charge in [-0.05, 0) is 45.2 Å². The summed E-state index contributed by atoms with van der Waals surface area (Å²) in [5, 5.41) is 11.8. The fourth-order valence-electron chi connectivity index (χ4n) is 3.91. The van der Waals surface area contributed by atoms with Gasteiger partial charge in [0.15, 0.2) is 0 Å². The molecule has 1 N–H and O–H groups in total. The average Bonchev–Trinajstić information content (AvgIpc) is 3.13. The lowest BCUT2D eigenvalue weighted by Crippen LogP contribution is -2.38. The van der Waals surface area contributed by atoms with Crippen molar-refractivity contribution in [3.05, 3.63) is 29.8 Å². The third-order valence-electron chi connectivity index (χ3n) is 5.08. The molecule has 6 nitrogen and oxygen atoms in total. The smallest absolute Gasteiger partial charge is 0.243 e. The summed E-state index contributed by atoms with van der Waals surface area (Å²) in [6.45, 7) is 3.50. The third-order valence-corrected chi connectivity index (χ3v) is 7.08. The summed E-state index contributed by atoms with van der Waals surface area (Å²) >= 11 is 0. The van der Waals surface area contributed by atoms with Crippen LogP contribution in [-0.4, -0.2) is 41.5 Å². The van der Waals surface area contributed by atoms with E-state index in [0.717, 1.165) is 12.0 Å². The molecule has 2 aliphatic heterocycles. The van der Waals surface area contributed by atoms with Gasteiger partial charge in [0.1, 0.15) is 5.78 Å². The van der Waals surface area contributed by atoms with Gasteiger partial charge in [-0.25, -0.2) is 8.42 Å². The van der Waals surface area contributed by atoms with Crippen molar-refractivity contribution in [3.63, 3.8) is 0 Å². The first-order valence-corrected chi connectivity index (χ1v) is 9.59. The Kier molecular flexibility index (Phi) is 4.48. The molecular weight excluding hydrogens is 328 g/mol. The molecule has 3 unspecified atom stereocenters. The topological polar surface area (TPSA) is 87.0 Å². The number of benzene rings is 1. The number of fused-ring (bicyclic) bond motifs is 2. The number of carbonyl (C=O) groups is 1. The second-order valence-electron chi connectivity index (χ2n) is 6.77. The third kappa shape index (κ3) is 2.86.